The summed E-state index contributed by atoms with van der Waals surface area (Å²) in [4.78, 5) is 38.3. The molecule has 1 amide bonds. The van der Waals surface area contributed by atoms with Gasteiger partial charge in [-0.3, -0.25) is 19.0 Å². The first kappa shape index (κ1) is 19.8. The largest absolute Gasteiger partial charge is 0.350 e. The van der Waals surface area contributed by atoms with Crippen LogP contribution in [-0.2, 0) is 11.3 Å². The number of aryl methyl sites for hydroxylation is 1. The Bertz CT molecular complexity index is 1040. The fourth-order valence-corrected chi connectivity index (χ4v) is 3.05. The molecular formula is C22H19BrN2O3. The minimum atomic E-state index is -1.28. The van der Waals surface area contributed by atoms with Crippen LogP contribution in [0.3, 0.4) is 0 Å². The van der Waals surface area contributed by atoms with Gasteiger partial charge in [0, 0.05) is 28.8 Å². The summed E-state index contributed by atoms with van der Waals surface area (Å²) in [5.74, 6) is -0.969. The molecule has 0 bridgehead atoms. The SMILES string of the molecule is Cc1ccc(CNC(=O)C(C(=O)c2ccc(Br)cc2)n2ccccc2=O)cc1. The van der Waals surface area contributed by atoms with Crippen LogP contribution in [-0.4, -0.2) is 16.3 Å². The number of nitrogens with one attached hydrogen (secondary N) is 1. The fraction of sp³-hybridized carbons (Fsp3) is 0.136. The Kier molecular flexibility index (Phi) is 6.21. The zero-order valence-corrected chi connectivity index (χ0v) is 16.8. The molecule has 0 aliphatic rings. The number of carbonyl (C=O) groups is 2. The predicted octanol–water partition coefficient (Wildman–Crippen LogP) is 3.66. The molecule has 0 saturated carbocycles. The van der Waals surface area contributed by atoms with Crippen molar-refractivity contribution >= 4 is 27.6 Å². The first-order chi connectivity index (χ1) is 13.5. The number of hydrogen-bond donors (Lipinski definition) is 1. The fourth-order valence-electron chi connectivity index (χ4n) is 2.79. The number of Topliss-reactive ketones (excluding diaryl/α,β-unsaturated/α-hetero) is 1. The maximum atomic E-state index is 13.1. The maximum Gasteiger partial charge on any atom is 0.251 e. The van der Waals surface area contributed by atoms with Crippen LogP contribution in [0.25, 0.3) is 0 Å². The Morgan fingerprint density at radius 1 is 1.00 bits per heavy atom. The molecule has 0 spiro atoms. The van der Waals surface area contributed by atoms with E-state index in [0.717, 1.165) is 20.2 Å². The molecule has 0 fully saturated rings. The third-order valence-electron chi connectivity index (χ3n) is 4.34. The van der Waals surface area contributed by atoms with Crippen LogP contribution in [0.2, 0.25) is 0 Å². The summed E-state index contributed by atoms with van der Waals surface area (Å²) in [6.45, 7) is 2.25. The Balaban J connectivity index is 1.89. The minimum absolute atomic E-state index is 0.269. The number of aromatic nitrogens is 1. The van der Waals surface area contributed by atoms with Gasteiger partial charge in [-0.25, -0.2) is 0 Å². The molecule has 1 heterocycles. The predicted molar refractivity (Wildman–Crippen MR) is 111 cm³/mol. The smallest absolute Gasteiger partial charge is 0.251 e. The molecule has 0 aliphatic heterocycles. The van der Waals surface area contributed by atoms with Crippen molar-refractivity contribution < 1.29 is 9.59 Å². The standard InChI is InChI=1S/C22H19BrN2O3/c1-15-5-7-16(8-6-15)14-24-22(28)20(25-13-3-2-4-19(25)26)21(27)17-9-11-18(23)12-10-17/h2-13,20H,14H2,1H3,(H,24,28). The summed E-state index contributed by atoms with van der Waals surface area (Å²) in [6.07, 6.45) is 1.45. The molecule has 1 aromatic heterocycles. The number of nitrogens with zero attached hydrogens (tertiary/aromatic N) is 1. The van der Waals surface area contributed by atoms with Crippen molar-refractivity contribution in [1.29, 1.82) is 0 Å². The van der Waals surface area contributed by atoms with E-state index in [-0.39, 0.29) is 6.54 Å². The van der Waals surface area contributed by atoms with Crippen LogP contribution in [0.5, 0.6) is 0 Å². The Hall–Kier alpha value is -2.99. The van der Waals surface area contributed by atoms with Crippen LogP contribution in [0.4, 0.5) is 0 Å². The van der Waals surface area contributed by atoms with Gasteiger partial charge >= 0.3 is 0 Å². The average Bonchev–Trinajstić information content (AvgIpc) is 2.69. The number of rotatable bonds is 6. The molecule has 1 unspecified atom stereocenters. The summed E-state index contributed by atoms with van der Waals surface area (Å²) in [5.41, 5.74) is 1.97. The normalized spacial score (nSPS) is 11.6. The number of pyridine rings is 1. The van der Waals surface area contributed by atoms with Crippen molar-refractivity contribution in [2.24, 2.45) is 0 Å². The molecule has 5 nitrogen and oxygen atoms in total. The van der Waals surface area contributed by atoms with Crippen LogP contribution in [0.15, 0.2) is 82.2 Å². The summed E-state index contributed by atoms with van der Waals surface area (Å²) in [5, 5.41) is 2.78. The number of ketones is 1. The highest BCUT2D eigenvalue weighted by Crippen LogP contribution is 2.17. The van der Waals surface area contributed by atoms with Crippen molar-refractivity contribution in [3.63, 3.8) is 0 Å². The number of hydrogen-bond acceptors (Lipinski definition) is 3. The van der Waals surface area contributed by atoms with Crippen LogP contribution in [0.1, 0.15) is 27.5 Å². The van der Waals surface area contributed by atoms with E-state index < -0.39 is 23.3 Å². The van der Waals surface area contributed by atoms with Gasteiger partial charge in [-0.15, -0.1) is 0 Å². The number of amides is 1. The Morgan fingerprint density at radius 2 is 1.68 bits per heavy atom. The molecule has 2 aromatic carbocycles. The Morgan fingerprint density at radius 3 is 2.32 bits per heavy atom. The zero-order valence-electron chi connectivity index (χ0n) is 15.3. The summed E-state index contributed by atoms with van der Waals surface area (Å²) >= 11 is 3.33. The maximum absolute atomic E-state index is 13.1. The topological polar surface area (TPSA) is 68.2 Å². The van der Waals surface area contributed by atoms with Crippen LogP contribution >= 0.6 is 15.9 Å². The van der Waals surface area contributed by atoms with Crippen molar-refractivity contribution in [2.45, 2.75) is 19.5 Å². The molecule has 3 rings (SSSR count). The summed E-state index contributed by atoms with van der Waals surface area (Å²) in [7, 11) is 0. The van der Waals surface area contributed by atoms with Gasteiger partial charge in [0.05, 0.1) is 0 Å². The highest BCUT2D eigenvalue weighted by molar-refractivity contribution is 9.10. The first-order valence-corrected chi connectivity index (χ1v) is 9.55. The summed E-state index contributed by atoms with van der Waals surface area (Å²) in [6, 6.07) is 17.7. The van der Waals surface area contributed by atoms with E-state index in [9.17, 15) is 14.4 Å². The van der Waals surface area contributed by atoms with Gasteiger partial charge in [0.1, 0.15) is 0 Å². The lowest BCUT2D eigenvalue weighted by atomic mass is 10.0. The van der Waals surface area contributed by atoms with Gasteiger partial charge < -0.3 is 5.32 Å². The third-order valence-corrected chi connectivity index (χ3v) is 4.87. The number of carbonyl (C=O) groups excluding carboxylic acids is 2. The second kappa shape index (κ2) is 8.80. The van der Waals surface area contributed by atoms with Gasteiger partial charge in [-0.05, 0) is 30.7 Å². The molecule has 142 valence electrons. The van der Waals surface area contributed by atoms with E-state index in [1.165, 1.54) is 12.3 Å². The second-order valence-electron chi connectivity index (χ2n) is 6.42. The molecule has 0 radical (unpaired) electrons. The van der Waals surface area contributed by atoms with Gasteiger partial charge in [0.15, 0.2) is 11.8 Å². The molecule has 6 heteroatoms. The van der Waals surface area contributed by atoms with Crippen LogP contribution < -0.4 is 10.9 Å². The van der Waals surface area contributed by atoms with E-state index in [4.69, 9.17) is 0 Å². The van der Waals surface area contributed by atoms with Crippen molar-refractivity contribution in [3.05, 3.63) is 104 Å². The molecule has 28 heavy (non-hydrogen) atoms. The molecule has 1 atom stereocenters. The second-order valence-corrected chi connectivity index (χ2v) is 7.34. The zero-order chi connectivity index (χ0) is 20.1. The molecule has 0 aliphatic carbocycles. The molecule has 3 aromatic rings. The van der Waals surface area contributed by atoms with Crippen molar-refractivity contribution in [1.82, 2.24) is 9.88 Å². The minimum Gasteiger partial charge on any atom is -0.350 e. The number of halogens is 1. The highest BCUT2D eigenvalue weighted by atomic mass is 79.9. The van der Waals surface area contributed by atoms with Crippen molar-refractivity contribution in [2.75, 3.05) is 0 Å². The highest BCUT2D eigenvalue weighted by Gasteiger charge is 2.29. The first-order valence-electron chi connectivity index (χ1n) is 8.76. The van der Waals surface area contributed by atoms with Gasteiger partial charge in [-0.2, -0.15) is 0 Å². The lowest BCUT2D eigenvalue weighted by molar-refractivity contribution is -0.123. The lowest BCUT2D eigenvalue weighted by Gasteiger charge is -2.18. The third kappa shape index (κ3) is 4.64. The van der Waals surface area contributed by atoms with Crippen molar-refractivity contribution in [3.8, 4) is 0 Å². The van der Waals surface area contributed by atoms with E-state index in [2.05, 4.69) is 21.2 Å². The van der Waals surface area contributed by atoms with Gasteiger partial charge in [0.2, 0.25) is 0 Å². The summed E-state index contributed by atoms with van der Waals surface area (Å²) < 4.78 is 1.98. The molecule has 0 saturated heterocycles. The molecule has 1 N–H and O–H groups in total. The van der Waals surface area contributed by atoms with E-state index in [1.807, 2.05) is 31.2 Å². The number of benzene rings is 2. The van der Waals surface area contributed by atoms with Crippen LogP contribution in [0, 0.1) is 6.92 Å². The lowest BCUT2D eigenvalue weighted by Crippen LogP contribution is -2.41. The molecular weight excluding hydrogens is 420 g/mol. The quantitative estimate of drug-likeness (QED) is 0.471. The van der Waals surface area contributed by atoms with Gasteiger partial charge in [0.25, 0.3) is 11.5 Å². The average molecular weight is 439 g/mol. The Labute approximate surface area is 171 Å². The van der Waals surface area contributed by atoms with E-state index in [0.29, 0.717) is 5.56 Å². The van der Waals surface area contributed by atoms with Gasteiger partial charge in [-0.1, -0.05) is 64.0 Å². The van der Waals surface area contributed by atoms with E-state index in [1.54, 1.807) is 36.4 Å². The van der Waals surface area contributed by atoms with E-state index >= 15 is 0 Å². The monoisotopic (exact) mass is 438 g/mol.